The number of amides is 2. The van der Waals surface area contributed by atoms with E-state index in [1.807, 2.05) is 18.2 Å². The van der Waals surface area contributed by atoms with E-state index in [4.69, 9.17) is 20.8 Å². The Morgan fingerprint density at radius 3 is 2.94 bits per heavy atom. The molecular formula is C24H18ClN3O4. The molecule has 4 aromatic rings. The summed E-state index contributed by atoms with van der Waals surface area (Å²) in [5.41, 5.74) is 3.59. The Labute approximate surface area is 188 Å². The quantitative estimate of drug-likeness (QED) is 0.479. The van der Waals surface area contributed by atoms with Crippen LogP contribution in [-0.4, -0.2) is 29.9 Å². The van der Waals surface area contributed by atoms with Gasteiger partial charge in [-0.15, -0.1) is 0 Å². The van der Waals surface area contributed by atoms with Gasteiger partial charge in [0.25, 0.3) is 11.8 Å². The number of carbonyl (C=O) groups excluding carboxylic acids is 2. The number of anilines is 2. The maximum atomic E-state index is 12.6. The number of aromatic nitrogens is 1. The topological polar surface area (TPSA) is 84.7 Å². The fourth-order valence-electron chi connectivity index (χ4n) is 3.80. The van der Waals surface area contributed by atoms with Crippen molar-refractivity contribution in [3.05, 3.63) is 83.4 Å². The summed E-state index contributed by atoms with van der Waals surface area (Å²) < 4.78 is 10.7. The highest BCUT2D eigenvalue weighted by Gasteiger charge is 2.26. The highest BCUT2D eigenvalue weighted by Crippen LogP contribution is 2.32. The van der Waals surface area contributed by atoms with E-state index >= 15 is 0 Å². The second kappa shape index (κ2) is 8.36. The lowest BCUT2D eigenvalue weighted by atomic mass is 10.1. The van der Waals surface area contributed by atoms with E-state index in [1.54, 1.807) is 41.4 Å². The van der Waals surface area contributed by atoms with Gasteiger partial charge in [0.15, 0.2) is 6.61 Å². The Kier molecular flexibility index (Phi) is 5.25. The number of hydrogen-bond acceptors (Lipinski definition) is 5. The first-order valence-electron chi connectivity index (χ1n) is 10.0. The molecule has 0 radical (unpaired) electrons. The number of fused-ring (bicyclic) bond motifs is 2. The van der Waals surface area contributed by atoms with Crippen LogP contribution in [0.25, 0.3) is 10.9 Å². The monoisotopic (exact) mass is 447 g/mol. The second-order valence-corrected chi connectivity index (χ2v) is 7.75. The van der Waals surface area contributed by atoms with Gasteiger partial charge in [-0.25, -0.2) is 0 Å². The summed E-state index contributed by atoms with van der Waals surface area (Å²) in [6.07, 6.45) is 5.28. The van der Waals surface area contributed by atoms with E-state index in [2.05, 4.69) is 10.3 Å². The molecule has 2 aromatic heterocycles. The molecule has 3 heterocycles. The van der Waals surface area contributed by atoms with E-state index in [0.29, 0.717) is 40.5 Å². The third kappa shape index (κ3) is 3.78. The number of benzene rings is 2. The van der Waals surface area contributed by atoms with Crippen LogP contribution in [0.3, 0.4) is 0 Å². The lowest BCUT2D eigenvalue weighted by Crippen LogP contribution is -2.28. The molecule has 1 aliphatic rings. The van der Waals surface area contributed by atoms with Gasteiger partial charge in [0.2, 0.25) is 0 Å². The number of nitrogens with zero attached hydrogens (tertiary/aromatic N) is 2. The maximum absolute atomic E-state index is 12.6. The molecule has 0 saturated carbocycles. The van der Waals surface area contributed by atoms with Crippen molar-refractivity contribution in [2.24, 2.45) is 0 Å². The first-order chi connectivity index (χ1) is 15.6. The average molecular weight is 448 g/mol. The van der Waals surface area contributed by atoms with Crippen molar-refractivity contribution >= 4 is 45.7 Å². The Hall–Kier alpha value is -3.84. The van der Waals surface area contributed by atoms with Crippen molar-refractivity contribution in [3.8, 4) is 5.75 Å². The number of hydrogen-bond donors (Lipinski definition) is 1. The first kappa shape index (κ1) is 20.1. The molecule has 0 aliphatic carbocycles. The van der Waals surface area contributed by atoms with Crippen LogP contribution in [0, 0.1) is 0 Å². The van der Waals surface area contributed by atoms with Gasteiger partial charge in [0.05, 0.1) is 16.8 Å². The Morgan fingerprint density at radius 1 is 1.19 bits per heavy atom. The fraction of sp³-hybridized carbons (Fsp3) is 0.125. The van der Waals surface area contributed by atoms with Crippen molar-refractivity contribution in [2.45, 2.75) is 6.42 Å². The van der Waals surface area contributed by atoms with Crippen molar-refractivity contribution in [3.63, 3.8) is 0 Å². The molecule has 5 rings (SSSR count). The number of carbonyl (C=O) groups is 2. The highest BCUT2D eigenvalue weighted by atomic mass is 35.5. The van der Waals surface area contributed by atoms with Crippen molar-refractivity contribution in [1.82, 2.24) is 4.98 Å². The largest absolute Gasteiger partial charge is 0.481 e. The molecule has 2 amide bonds. The Morgan fingerprint density at radius 2 is 2.09 bits per heavy atom. The van der Waals surface area contributed by atoms with Crippen LogP contribution in [0.2, 0.25) is 5.02 Å². The molecule has 2 aromatic carbocycles. The predicted molar refractivity (Wildman–Crippen MR) is 121 cm³/mol. The van der Waals surface area contributed by atoms with E-state index in [9.17, 15) is 9.59 Å². The first-order valence-corrected chi connectivity index (χ1v) is 10.4. The van der Waals surface area contributed by atoms with Crippen LogP contribution in [0.5, 0.6) is 5.75 Å². The van der Waals surface area contributed by atoms with E-state index < -0.39 is 0 Å². The zero-order chi connectivity index (χ0) is 22.1. The van der Waals surface area contributed by atoms with E-state index in [0.717, 1.165) is 16.6 Å². The number of furan rings is 1. The summed E-state index contributed by atoms with van der Waals surface area (Å²) >= 11 is 6.20. The molecule has 0 spiro atoms. The molecule has 160 valence electrons. The summed E-state index contributed by atoms with van der Waals surface area (Å²) in [5.74, 6) is 0.0855. The van der Waals surface area contributed by atoms with Crippen LogP contribution in [0.4, 0.5) is 11.4 Å². The van der Waals surface area contributed by atoms with Crippen LogP contribution >= 0.6 is 11.6 Å². The summed E-state index contributed by atoms with van der Waals surface area (Å²) in [4.78, 5) is 31.1. The minimum absolute atomic E-state index is 0.105. The fourth-order valence-corrected chi connectivity index (χ4v) is 4.02. The highest BCUT2D eigenvalue weighted by molar-refractivity contribution is 6.35. The predicted octanol–water partition coefficient (Wildman–Crippen LogP) is 4.70. The van der Waals surface area contributed by atoms with Gasteiger partial charge in [-0.1, -0.05) is 11.6 Å². The summed E-state index contributed by atoms with van der Waals surface area (Å²) in [5, 5.41) is 4.18. The van der Waals surface area contributed by atoms with Crippen LogP contribution in [0.15, 0.2) is 71.7 Å². The van der Waals surface area contributed by atoms with Crippen LogP contribution in [0.1, 0.15) is 15.9 Å². The molecule has 0 saturated heterocycles. The zero-order valence-corrected chi connectivity index (χ0v) is 17.6. The summed E-state index contributed by atoms with van der Waals surface area (Å²) in [6, 6.07) is 14.2. The molecule has 0 bridgehead atoms. The standard InChI is InChI=1S/C24H18ClN3O4/c25-19-4-6-21(23-18(19)2-1-9-26-23)32-14-22(29)27-17-3-5-20-15(12-17)7-10-28(20)24(30)16-8-11-31-13-16/h1-6,8-9,11-13H,7,10,14H2,(H,27,29). The molecule has 0 unspecified atom stereocenters. The second-order valence-electron chi connectivity index (χ2n) is 7.34. The van der Waals surface area contributed by atoms with Gasteiger partial charge in [-0.2, -0.15) is 0 Å². The number of rotatable bonds is 5. The third-order valence-electron chi connectivity index (χ3n) is 5.31. The lowest BCUT2D eigenvalue weighted by molar-refractivity contribution is -0.118. The smallest absolute Gasteiger partial charge is 0.262 e. The van der Waals surface area contributed by atoms with Gasteiger partial charge in [0.1, 0.15) is 17.5 Å². The number of pyridine rings is 1. The minimum Gasteiger partial charge on any atom is -0.481 e. The molecule has 7 nitrogen and oxygen atoms in total. The van der Waals surface area contributed by atoms with E-state index in [1.165, 1.54) is 12.5 Å². The van der Waals surface area contributed by atoms with Gasteiger partial charge >= 0.3 is 0 Å². The van der Waals surface area contributed by atoms with Crippen LogP contribution < -0.4 is 15.0 Å². The SMILES string of the molecule is O=C(COc1ccc(Cl)c2cccnc12)Nc1ccc2c(c1)CCN2C(=O)c1ccoc1. The summed E-state index contributed by atoms with van der Waals surface area (Å²) in [6.45, 7) is 0.409. The van der Waals surface area contributed by atoms with Crippen molar-refractivity contribution in [1.29, 1.82) is 0 Å². The van der Waals surface area contributed by atoms with Crippen molar-refractivity contribution in [2.75, 3.05) is 23.4 Å². The van der Waals surface area contributed by atoms with Gasteiger partial charge in [-0.05, 0) is 60.5 Å². The van der Waals surface area contributed by atoms with Crippen LogP contribution in [-0.2, 0) is 11.2 Å². The third-order valence-corrected chi connectivity index (χ3v) is 5.64. The van der Waals surface area contributed by atoms with Crippen molar-refractivity contribution < 1.29 is 18.7 Å². The normalized spacial score (nSPS) is 12.6. The Bertz CT molecular complexity index is 1320. The van der Waals surface area contributed by atoms with Gasteiger partial charge in [0, 0.05) is 29.5 Å². The average Bonchev–Trinajstić information content (AvgIpc) is 3.49. The number of halogens is 1. The molecule has 32 heavy (non-hydrogen) atoms. The molecule has 8 heteroatoms. The molecule has 1 aliphatic heterocycles. The molecule has 0 fully saturated rings. The molecule has 1 N–H and O–H groups in total. The summed E-state index contributed by atoms with van der Waals surface area (Å²) in [7, 11) is 0. The van der Waals surface area contributed by atoms with E-state index in [-0.39, 0.29) is 18.4 Å². The molecule has 0 atom stereocenters. The Balaban J connectivity index is 1.25. The molecular weight excluding hydrogens is 430 g/mol. The lowest BCUT2D eigenvalue weighted by Gasteiger charge is -2.16. The van der Waals surface area contributed by atoms with Gasteiger partial charge in [-0.3, -0.25) is 14.6 Å². The zero-order valence-electron chi connectivity index (χ0n) is 16.9. The number of ether oxygens (including phenoxy) is 1. The van der Waals surface area contributed by atoms with Gasteiger partial charge < -0.3 is 19.4 Å². The minimum atomic E-state index is -0.298. The number of nitrogens with one attached hydrogen (secondary N) is 1. The maximum Gasteiger partial charge on any atom is 0.262 e.